The lowest BCUT2D eigenvalue weighted by molar-refractivity contribution is 0.0460. The number of esters is 3. The molecule has 0 amide bonds. The largest absolute Gasteiger partial charge is 0.462 e. The van der Waals surface area contributed by atoms with Gasteiger partial charge in [-0.25, -0.2) is 83.5 Å². The molecule has 3 aliphatic rings. The van der Waals surface area contributed by atoms with Crippen LogP contribution in [0.15, 0.2) is 30.3 Å². The lowest BCUT2D eigenvalue weighted by Gasteiger charge is -2.21. The first-order chi connectivity index (χ1) is 31.3. The van der Waals surface area contributed by atoms with Gasteiger partial charge < -0.3 is 14.2 Å². The summed E-state index contributed by atoms with van der Waals surface area (Å²) in [4.78, 5) is 34.9. The number of hydrogen-bond donors (Lipinski definition) is 0. The predicted octanol–water partition coefficient (Wildman–Crippen LogP) is 7.57. The molecule has 0 bridgehead atoms. The summed E-state index contributed by atoms with van der Waals surface area (Å²) in [5.74, 6) is -19.2. The van der Waals surface area contributed by atoms with Crippen molar-refractivity contribution < 1.29 is 97.8 Å². The Morgan fingerprint density at radius 3 is 1.16 bits per heavy atom. The Kier molecular flexibility index (Phi) is 19.6. The van der Waals surface area contributed by atoms with E-state index in [-0.39, 0.29) is 78.2 Å². The fourth-order valence-electron chi connectivity index (χ4n) is 6.98. The van der Waals surface area contributed by atoms with Crippen LogP contribution in [0, 0.1) is 75.9 Å². The molecule has 3 aromatic carbocycles. The van der Waals surface area contributed by atoms with Gasteiger partial charge in [0.2, 0.25) is 0 Å². The van der Waals surface area contributed by atoms with E-state index in [1.165, 1.54) is 0 Å². The van der Waals surface area contributed by atoms with Gasteiger partial charge >= 0.3 is 17.9 Å². The first-order valence-corrected chi connectivity index (χ1v) is 26.0. The highest BCUT2D eigenvalue weighted by Gasteiger charge is 2.29. The summed E-state index contributed by atoms with van der Waals surface area (Å²) in [6, 6.07) is 2.96. The average Bonchev–Trinajstić information content (AvgIpc) is 3.27. The number of rotatable bonds is 12. The molecule has 3 aromatic rings. The van der Waals surface area contributed by atoms with Crippen molar-refractivity contribution in [1.82, 2.24) is 0 Å². The quantitative estimate of drug-likeness (QED) is 0.0572. The highest BCUT2D eigenvalue weighted by Crippen LogP contribution is 2.26. The van der Waals surface area contributed by atoms with Crippen molar-refractivity contribution in [3.05, 3.63) is 105 Å². The molecular weight excluding hydrogens is 983 g/mol. The van der Waals surface area contributed by atoms with Crippen molar-refractivity contribution in [2.45, 2.75) is 57.8 Å². The number of benzene rings is 3. The topological polar surface area (TPSA) is 181 Å². The van der Waals surface area contributed by atoms with E-state index < -0.39 is 122 Å². The molecule has 0 saturated carbocycles. The van der Waals surface area contributed by atoms with Gasteiger partial charge in [0.15, 0.2) is 52.4 Å². The Morgan fingerprint density at radius 2 is 0.731 bits per heavy atom. The number of sulfone groups is 3. The average molecular weight is 1030 g/mol. The van der Waals surface area contributed by atoms with E-state index in [1.807, 2.05) is 0 Å². The molecule has 3 aliphatic heterocycles. The highest BCUT2D eigenvalue weighted by atomic mass is 32.2. The van der Waals surface area contributed by atoms with Crippen LogP contribution in [-0.4, -0.2) is 97.5 Å². The maximum atomic E-state index is 13.4. The third-order valence-corrected chi connectivity index (χ3v) is 16.3. The molecular formula is C42H44F10O12S3. The molecule has 25 heteroatoms. The van der Waals surface area contributed by atoms with Crippen LogP contribution >= 0.6 is 0 Å². The van der Waals surface area contributed by atoms with Crippen LogP contribution in [0.5, 0.6) is 0 Å². The molecule has 6 rings (SSSR count). The van der Waals surface area contributed by atoms with Crippen LogP contribution in [0.3, 0.4) is 0 Å². The SMILES string of the molecule is O=C(OCCC1CCS(=O)(=O)CC1)c1c(F)ccc(F)c1F.O=C(OCCC1CCS(=O)(=O)CC1)c1cc(F)c(F)c(F)c1F.O=C(OCCC1CCS(=O)(=O)CC1)c1ccc(F)c(F)c1F. The third-order valence-electron chi connectivity index (χ3n) is 11.1. The lowest BCUT2D eigenvalue weighted by atomic mass is 9.99. The number of carbonyl (C=O) groups is 3. The summed E-state index contributed by atoms with van der Waals surface area (Å²) in [5, 5.41) is 0. The Hall–Kier alpha value is -4.78. The second-order valence-corrected chi connectivity index (χ2v) is 22.8. The summed E-state index contributed by atoms with van der Waals surface area (Å²) in [5.41, 5.74) is -2.73. The predicted molar refractivity (Wildman–Crippen MR) is 218 cm³/mol. The zero-order valence-electron chi connectivity index (χ0n) is 35.3. The van der Waals surface area contributed by atoms with Crippen molar-refractivity contribution in [2.75, 3.05) is 54.3 Å². The summed E-state index contributed by atoms with van der Waals surface area (Å²) in [6.45, 7) is -0.273. The number of carbonyl (C=O) groups excluding carboxylic acids is 3. The third kappa shape index (κ3) is 16.2. The van der Waals surface area contributed by atoms with Crippen LogP contribution in [0.25, 0.3) is 0 Å². The second-order valence-electron chi connectivity index (χ2n) is 15.8. The van der Waals surface area contributed by atoms with Crippen molar-refractivity contribution in [1.29, 1.82) is 0 Å². The fraction of sp³-hybridized carbons (Fsp3) is 0.500. The zero-order valence-corrected chi connectivity index (χ0v) is 37.7. The summed E-state index contributed by atoms with van der Waals surface area (Å²) in [6.07, 6.45) is 4.04. The minimum absolute atomic E-state index is 0.0258. The van der Waals surface area contributed by atoms with Gasteiger partial charge in [0.05, 0.1) is 59.9 Å². The molecule has 0 atom stereocenters. The molecule has 12 nitrogen and oxygen atoms in total. The van der Waals surface area contributed by atoms with E-state index in [4.69, 9.17) is 14.2 Å². The van der Waals surface area contributed by atoms with Crippen LogP contribution in [0.1, 0.15) is 88.9 Å². The number of halogens is 10. The Bertz CT molecular complexity index is 2590. The standard InChI is InChI=1S/C14H14F4O4S.2C14H15F3O4S/c15-10-7-9(11(16)13(18)12(10)17)14(19)22-4-1-8-2-5-23(20,21)6-3-8;15-10-1-2-11(16)13(17)12(10)14(18)21-6-3-9-4-7-22(19,20)8-5-9;15-11-2-1-10(12(16)13(11)17)14(18)21-6-3-9-4-7-22(19,20)8-5-9/h7-8H,1-6H2;2*1-2,9H,3-8H2. The number of hydrogen-bond acceptors (Lipinski definition) is 12. The Balaban J connectivity index is 0.000000219. The van der Waals surface area contributed by atoms with Crippen LogP contribution < -0.4 is 0 Å². The Labute approximate surface area is 379 Å². The molecule has 0 radical (unpaired) electrons. The second kappa shape index (κ2) is 24.0. The first kappa shape index (κ1) is 54.8. The molecule has 372 valence electrons. The van der Waals surface area contributed by atoms with Crippen LogP contribution in [-0.2, 0) is 43.7 Å². The van der Waals surface area contributed by atoms with Crippen molar-refractivity contribution in [3.8, 4) is 0 Å². The van der Waals surface area contributed by atoms with Gasteiger partial charge in [0.25, 0.3) is 0 Å². The molecule has 0 aliphatic carbocycles. The van der Waals surface area contributed by atoms with Crippen LogP contribution in [0.2, 0.25) is 0 Å². The Morgan fingerprint density at radius 1 is 0.403 bits per heavy atom. The molecule has 0 aromatic heterocycles. The van der Waals surface area contributed by atoms with Gasteiger partial charge in [-0.1, -0.05) is 0 Å². The monoisotopic (exact) mass is 1030 g/mol. The molecule has 0 spiro atoms. The fourth-order valence-corrected chi connectivity index (χ4v) is 11.8. The van der Waals surface area contributed by atoms with Crippen molar-refractivity contribution in [3.63, 3.8) is 0 Å². The lowest BCUT2D eigenvalue weighted by Crippen LogP contribution is -2.24. The highest BCUT2D eigenvalue weighted by molar-refractivity contribution is 7.91. The van der Waals surface area contributed by atoms with Crippen LogP contribution in [0.4, 0.5) is 43.9 Å². The van der Waals surface area contributed by atoms with Gasteiger partial charge in [-0.15, -0.1) is 0 Å². The first-order valence-electron chi connectivity index (χ1n) is 20.5. The zero-order chi connectivity index (χ0) is 49.9. The molecule has 3 saturated heterocycles. The molecule has 67 heavy (non-hydrogen) atoms. The van der Waals surface area contributed by atoms with E-state index >= 15 is 0 Å². The molecule has 3 fully saturated rings. The molecule has 3 heterocycles. The summed E-state index contributed by atoms with van der Waals surface area (Å²) < 4.78 is 213. The van der Waals surface area contributed by atoms with E-state index in [2.05, 4.69) is 0 Å². The van der Waals surface area contributed by atoms with E-state index in [1.54, 1.807) is 0 Å². The van der Waals surface area contributed by atoms with Gasteiger partial charge in [-0.05, 0) is 106 Å². The van der Waals surface area contributed by atoms with E-state index in [0.717, 1.165) is 6.07 Å². The van der Waals surface area contributed by atoms with Gasteiger partial charge in [-0.3, -0.25) is 0 Å². The van der Waals surface area contributed by atoms with Crippen molar-refractivity contribution >= 4 is 47.4 Å². The maximum absolute atomic E-state index is 13.4. The van der Waals surface area contributed by atoms with Gasteiger partial charge in [0.1, 0.15) is 46.5 Å². The summed E-state index contributed by atoms with van der Waals surface area (Å²) in [7, 11) is -8.91. The summed E-state index contributed by atoms with van der Waals surface area (Å²) >= 11 is 0. The normalized spacial score (nSPS) is 18.1. The van der Waals surface area contributed by atoms with Gasteiger partial charge in [0, 0.05) is 0 Å². The minimum atomic E-state index is -3.00. The smallest absolute Gasteiger partial charge is 0.344 e. The van der Waals surface area contributed by atoms with E-state index in [9.17, 15) is 83.5 Å². The maximum Gasteiger partial charge on any atom is 0.344 e. The van der Waals surface area contributed by atoms with Crippen molar-refractivity contribution in [2.24, 2.45) is 17.8 Å². The number of ether oxygens (including phenoxy) is 3. The minimum Gasteiger partial charge on any atom is -0.462 e. The van der Waals surface area contributed by atoms with E-state index in [0.29, 0.717) is 76.0 Å². The molecule has 0 N–H and O–H groups in total. The van der Waals surface area contributed by atoms with Gasteiger partial charge in [-0.2, -0.15) is 0 Å². The molecule has 0 unspecified atom stereocenters.